The van der Waals surface area contributed by atoms with Gasteiger partial charge in [-0.1, -0.05) is 18.2 Å². The van der Waals surface area contributed by atoms with Crippen LogP contribution < -0.4 is 0 Å². The van der Waals surface area contributed by atoms with Crippen molar-refractivity contribution in [1.29, 1.82) is 0 Å². The number of allylic oxidation sites excluding steroid dienone is 1. The molecule has 0 bridgehead atoms. The van der Waals surface area contributed by atoms with Crippen molar-refractivity contribution < 1.29 is 5.11 Å². The monoisotopic (exact) mass is 303 g/mol. The minimum Gasteiger partial charge on any atom is -0.506 e. The van der Waals surface area contributed by atoms with E-state index in [1.807, 2.05) is 44.2 Å². The van der Waals surface area contributed by atoms with Crippen molar-refractivity contribution in [3.05, 3.63) is 76.6 Å². The number of aliphatic hydroxyl groups excluding tert-OH is 1. The fourth-order valence-electron chi connectivity index (χ4n) is 2.91. The van der Waals surface area contributed by atoms with E-state index in [0.717, 1.165) is 39.3 Å². The van der Waals surface area contributed by atoms with Gasteiger partial charge in [0.05, 0.1) is 11.4 Å². The summed E-state index contributed by atoms with van der Waals surface area (Å²) in [6, 6.07) is 12.2. The van der Waals surface area contributed by atoms with Gasteiger partial charge in [-0.25, -0.2) is 4.99 Å². The second-order valence-electron chi connectivity index (χ2n) is 5.88. The van der Waals surface area contributed by atoms with Crippen molar-refractivity contribution in [2.24, 2.45) is 4.99 Å². The molecule has 3 aromatic rings. The zero-order chi connectivity index (χ0) is 16.0. The van der Waals surface area contributed by atoms with Crippen LogP contribution in [0.5, 0.6) is 0 Å². The van der Waals surface area contributed by atoms with Crippen LogP contribution in [0.3, 0.4) is 0 Å². The second kappa shape index (κ2) is 5.02. The zero-order valence-corrected chi connectivity index (χ0v) is 13.0. The first kappa shape index (κ1) is 13.6. The largest absolute Gasteiger partial charge is 0.506 e. The average Bonchev–Trinajstić information content (AvgIpc) is 3.18. The van der Waals surface area contributed by atoms with Crippen LogP contribution in [0, 0.1) is 13.8 Å². The number of H-pyrrole nitrogens is 2. The Morgan fingerprint density at radius 2 is 1.91 bits per heavy atom. The number of aryl methyl sites for hydroxylation is 2. The lowest BCUT2D eigenvalue weighted by Crippen LogP contribution is -1.93. The Balaban J connectivity index is 1.75. The highest BCUT2D eigenvalue weighted by Crippen LogP contribution is 2.25. The summed E-state index contributed by atoms with van der Waals surface area (Å²) in [7, 11) is 0. The molecule has 0 aliphatic carbocycles. The van der Waals surface area contributed by atoms with E-state index in [4.69, 9.17) is 0 Å². The number of rotatable bonds is 2. The standard InChI is InChI=1S/C19H17N3O/c1-11-7-12(2)20-15(11)9-18-19(23)10-17(22-18)16-8-13-5-3-4-6-14(13)21-16/h3-10,20-21,23H,1-2H3/b18-9+. The smallest absolute Gasteiger partial charge is 0.143 e. The molecule has 1 aliphatic rings. The van der Waals surface area contributed by atoms with Crippen molar-refractivity contribution in [1.82, 2.24) is 9.97 Å². The Hall–Kier alpha value is -3.01. The van der Waals surface area contributed by atoms with Crippen LogP contribution >= 0.6 is 0 Å². The maximum atomic E-state index is 10.2. The molecule has 1 aliphatic heterocycles. The van der Waals surface area contributed by atoms with Gasteiger partial charge in [0.1, 0.15) is 11.5 Å². The maximum Gasteiger partial charge on any atom is 0.143 e. The van der Waals surface area contributed by atoms with Crippen molar-refractivity contribution in [3.8, 4) is 0 Å². The number of nitrogens with zero attached hydrogens (tertiary/aromatic N) is 1. The molecule has 0 radical (unpaired) electrons. The fourth-order valence-corrected chi connectivity index (χ4v) is 2.91. The van der Waals surface area contributed by atoms with Crippen LogP contribution in [-0.2, 0) is 0 Å². The first-order chi connectivity index (χ1) is 11.1. The summed E-state index contributed by atoms with van der Waals surface area (Å²) >= 11 is 0. The molecule has 23 heavy (non-hydrogen) atoms. The molecule has 2 aromatic heterocycles. The molecular formula is C19H17N3O. The highest BCUT2D eigenvalue weighted by atomic mass is 16.3. The molecule has 4 nitrogen and oxygen atoms in total. The first-order valence-electron chi connectivity index (χ1n) is 7.56. The van der Waals surface area contributed by atoms with Gasteiger partial charge in [0, 0.05) is 28.4 Å². The summed E-state index contributed by atoms with van der Waals surface area (Å²) in [6.45, 7) is 4.05. The van der Waals surface area contributed by atoms with Crippen molar-refractivity contribution >= 4 is 22.7 Å². The minimum absolute atomic E-state index is 0.185. The fraction of sp³-hybridized carbons (Fsp3) is 0.105. The summed E-state index contributed by atoms with van der Waals surface area (Å²) in [4.78, 5) is 11.2. The van der Waals surface area contributed by atoms with Crippen LogP contribution in [0.2, 0.25) is 0 Å². The van der Waals surface area contributed by atoms with Crippen molar-refractivity contribution in [3.63, 3.8) is 0 Å². The van der Waals surface area contributed by atoms with E-state index in [2.05, 4.69) is 27.1 Å². The minimum atomic E-state index is 0.185. The van der Waals surface area contributed by atoms with Crippen LogP contribution in [0.15, 0.2) is 58.9 Å². The predicted molar refractivity (Wildman–Crippen MR) is 93.8 cm³/mol. The van der Waals surface area contributed by atoms with Gasteiger partial charge in [0.15, 0.2) is 0 Å². The molecule has 4 rings (SSSR count). The van der Waals surface area contributed by atoms with Gasteiger partial charge < -0.3 is 15.1 Å². The maximum absolute atomic E-state index is 10.2. The molecule has 0 fully saturated rings. The summed E-state index contributed by atoms with van der Waals surface area (Å²) in [5.41, 5.74) is 6.48. The number of para-hydroxylation sites is 1. The van der Waals surface area contributed by atoms with E-state index in [1.165, 1.54) is 0 Å². The zero-order valence-electron chi connectivity index (χ0n) is 13.0. The Morgan fingerprint density at radius 3 is 2.65 bits per heavy atom. The molecule has 4 heteroatoms. The molecule has 0 unspecified atom stereocenters. The molecular weight excluding hydrogens is 286 g/mol. The summed E-state index contributed by atoms with van der Waals surface area (Å²) in [5, 5.41) is 11.3. The van der Waals surface area contributed by atoms with Gasteiger partial charge in [-0.3, -0.25) is 0 Å². The highest BCUT2D eigenvalue weighted by molar-refractivity contribution is 6.12. The lowest BCUT2D eigenvalue weighted by Gasteiger charge is -1.96. The first-order valence-corrected chi connectivity index (χ1v) is 7.56. The van der Waals surface area contributed by atoms with Crippen LogP contribution in [0.1, 0.15) is 22.6 Å². The van der Waals surface area contributed by atoms with Gasteiger partial charge in [-0.05, 0) is 43.7 Å². The molecule has 0 saturated heterocycles. The number of fused-ring (bicyclic) bond motifs is 1. The van der Waals surface area contributed by atoms with E-state index in [9.17, 15) is 5.11 Å². The van der Waals surface area contributed by atoms with Crippen LogP contribution in [0.4, 0.5) is 0 Å². The van der Waals surface area contributed by atoms with Crippen molar-refractivity contribution in [2.45, 2.75) is 13.8 Å². The SMILES string of the molecule is Cc1cc(C)c(/C=C2/N=C(c3cc4ccccc4[nH]3)C=C2O)[nH]1. The van der Waals surface area contributed by atoms with Gasteiger partial charge in [0.25, 0.3) is 0 Å². The summed E-state index contributed by atoms with van der Waals surface area (Å²) in [6.07, 6.45) is 3.57. The number of benzene rings is 1. The molecule has 1 aromatic carbocycles. The second-order valence-corrected chi connectivity index (χ2v) is 5.88. The lowest BCUT2D eigenvalue weighted by molar-refractivity contribution is 0.426. The molecule has 0 saturated carbocycles. The Morgan fingerprint density at radius 1 is 1.09 bits per heavy atom. The number of aromatic amines is 2. The van der Waals surface area contributed by atoms with Crippen LogP contribution in [0.25, 0.3) is 17.0 Å². The Labute approximate surface area is 133 Å². The topological polar surface area (TPSA) is 64.2 Å². The van der Waals surface area contributed by atoms with E-state index in [1.54, 1.807) is 6.08 Å². The Kier molecular flexibility index (Phi) is 2.98. The number of hydrogen-bond donors (Lipinski definition) is 3. The molecule has 0 spiro atoms. The molecule has 3 heterocycles. The van der Waals surface area contributed by atoms with E-state index >= 15 is 0 Å². The quantitative estimate of drug-likeness (QED) is 0.645. The molecule has 0 atom stereocenters. The van der Waals surface area contributed by atoms with E-state index in [-0.39, 0.29) is 5.76 Å². The summed E-state index contributed by atoms with van der Waals surface area (Å²) < 4.78 is 0. The van der Waals surface area contributed by atoms with Crippen LogP contribution in [-0.4, -0.2) is 20.8 Å². The normalized spacial score (nSPS) is 16.2. The third kappa shape index (κ3) is 2.38. The average molecular weight is 303 g/mol. The predicted octanol–water partition coefficient (Wildman–Crippen LogP) is 4.40. The number of nitrogens with one attached hydrogen (secondary N) is 2. The number of aliphatic hydroxyl groups is 1. The highest BCUT2D eigenvalue weighted by Gasteiger charge is 2.17. The molecule has 0 amide bonds. The van der Waals surface area contributed by atoms with Gasteiger partial charge in [-0.15, -0.1) is 0 Å². The molecule has 114 valence electrons. The third-order valence-corrected chi connectivity index (χ3v) is 4.05. The van der Waals surface area contributed by atoms with Gasteiger partial charge in [-0.2, -0.15) is 0 Å². The number of aliphatic imine (C=N–C) groups is 1. The Bertz CT molecular complexity index is 966. The van der Waals surface area contributed by atoms with E-state index in [0.29, 0.717) is 5.70 Å². The number of aromatic nitrogens is 2. The summed E-state index contributed by atoms with van der Waals surface area (Å²) in [5.74, 6) is 0.185. The van der Waals surface area contributed by atoms with Crippen molar-refractivity contribution in [2.75, 3.05) is 0 Å². The lowest BCUT2D eigenvalue weighted by atomic mass is 10.2. The van der Waals surface area contributed by atoms with Gasteiger partial charge >= 0.3 is 0 Å². The third-order valence-electron chi connectivity index (χ3n) is 4.05. The number of hydrogen-bond acceptors (Lipinski definition) is 2. The van der Waals surface area contributed by atoms with E-state index < -0.39 is 0 Å². The molecule has 3 N–H and O–H groups in total. The van der Waals surface area contributed by atoms with Gasteiger partial charge in [0.2, 0.25) is 0 Å².